The molecular weight excluding hydrogens is 280 g/mol. The Morgan fingerprint density at radius 3 is 2.86 bits per heavy atom. The number of aromatic nitrogens is 3. The highest BCUT2D eigenvalue weighted by atomic mass is 16.3. The van der Waals surface area contributed by atoms with Gasteiger partial charge in [-0.15, -0.1) is 0 Å². The van der Waals surface area contributed by atoms with E-state index in [2.05, 4.69) is 10.1 Å². The van der Waals surface area contributed by atoms with Gasteiger partial charge in [-0.2, -0.15) is 5.10 Å². The van der Waals surface area contributed by atoms with Crippen LogP contribution in [-0.4, -0.2) is 49.9 Å². The smallest absolute Gasteiger partial charge is 0.254 e. The quantitative estimate of drug-likeness (QED) is 0.915. The lowest BCUT2D eigenvalue weighted by molar-refractivity contribution is 0.0763. The van der Waals surface area contributed by atoms with Gasteiger partial charge in [0, 0.05) is 24.1 Å². The van der Waals surface area contributed by atoms with Gasteiger partial charge in [0.15, 0.2) is 0 Å². The maximum absolute atomic E-state index is 12.8. The minimum absolute atomic E-state index is 0.00135. The molecule has 1 aromatic heterocycles. The van der Waals surface area contributed by atoms with Crippen LogP contribution in [-0.2, 0) is 6.54 Å². The van der Waals surface area contributed by atoms with Crippen molar-refractivity contribution in [3.63, 3.8) is 0 Å². The lowest BCUT2D eigenvalue weighted by Gasteiger charge is -2.18. The van der Waals surface area contributed by atoms with Crippen LogP contribution in [0, 0.1) is 5.41 Å². The maximum atomic E-state index is 12.8. The number of aliphatic hydroxyl groups excluding tert-OH is 1. The zero-order valence-corrected chi connectivity index (χ0v) is 12.2. The number of aliphatic hydroxyl groups is 1. The molecule has 6 nitrogen and oxygen atoms in total. The Balaban J connectivity index is 1.58. The first kappa shape index (κ1) is 13.5. The third kappa shape index (κ3) is 2.20. The lowest BCUT2D eigenvalue weighted by Crippen LogP contribution is -2.30. The van der Waals surface area contributed by atoms with Crippen LogP contribution in [0.1, 0.15) is 28.8 Å². The number of carbonyl (C=O) groups is 1. The fourth-order valence-corrected chi connectivity index (χ4v) is 3.29. The zero-order valence-electron chi connectivity index (χ0n) is 12.2. The summed E-state index contributed by atoms with van der Waals surface area (Å²) in [6.07, 6.45) is 4.80. The van der Waals surface area contributed by atoms with Gasteiger partial charge in [-0.05, 0) is 24.5 Å². The van der Waals surface area contributed by atoms with Gasteiger partial charge in [0.05, 0.1) is 12.6 Å². The Hall–Kier alpha value is -2.21. The summed E-state index contributed by atoms with van der Waals surface area (Å²) >= 11 is 0. The van der Waals surface area contributed by atoms with Gasteiger partial charge in [0.1, 0.15) is 12.7 Å². The second-order valence-corrected chi connectivity index (χ2v) is 6.31. The Morgan fingerprint density at radius 2 is 2.18 bits per heavy atom. The van der Waals surface area contributed by atoms with Gasteiger partial charge in [-0.1, -0.05) is 18.2 Å². The number of carbonyl (C=O) groups excluding carboxylic acids is 1. The summed E-state index contributed by atoms with van der Waals surface area (Å²) in [6, 6.07) is 7.58. The summed E-state index contributed by atoms with van der Waals surface area (Å²) in [5, 5.41) is 14.2. The van der Waals surface area contributed by atoms with Crippen LogP contribution in [0.15, 0.2) is 36.9 Å². The third-order valence-electron chi connectivity index (χ3n) is 4.83. The Kier molecular flexibility index (Phi) is 3.00. The molecule has 1 saturated carbocycles. The average Bonchev–Trinajstić information content (AvgIpc) is 2.98. The van der Waals surface area contributed by atoms with Crippen molar-refractivity contribution >= 4 is 5.91 Å². The van der Waals surface area contributed by atoms with Crippen LogP contribution in [0.3, 0.4) is 0 Å². The van der Waals surface area contributed by atoms with Crippen LogP contribution in [0.5, 0.6) is 0 Å². The predicted octanol–water partition coefficient (Wildman–Crippen LogP) is 0.923. The summed E-state index contributed by atoms with van der Waals surface area (Å²) < 4.78 is 1.70. The number of rotatable bonds is 3. The average molecular weight is 298 g/mol. The minimum Gasteiger partial charge on any atom is -0.391 e. The van der Waals surface area contributed by atoms with Crippen LogP contribution in [0.25, 0.3) is 0 Å². The van der Waals surface area contributed by atoms with Crippen molar-refractivity contribution in [2.75, 3.05) is 13.1 Å². The van der Waals surface area contributed by atoms with Crippen LogP contribution in [0.2, 0.25) is 0 Å². The van der Waals surface area contributed by atoms with Crippen LogP contribution < -0.4 is 0 Å². The van der Waals surface area contributed by atoms with E-state index in [1.807, 2.05) is 24.3 Å². The molecule has 2 aromatic rings. The Labute approximate surface area is 128 Å². The van der Waals surface area contributed by atoms with Crippen LogP contribution >= 0.6 is 0 Å². The molecule has 1 aliphatic heterocycles. The number of hydrogen-bond donors (Lipinski definition) is 1. The number of nitrogens with zero attached hydrogens (tertiary/aromatic N) is 4. The molecule has 114 valence electrons. The normalized spacial score (nSPS) is 22.2. The minimum atomic E-state index is -0.376. The molecule has 0 radical (unpaired) electrons. The molecule has 1 spiro atoms. The fourth-order valence-electron chi connectivity index (χ4n) is 3.29. The first-order valence-electron chi connectivity index (χ1n) is 7.56. The van der Waals surface area contributed by atoms with Crippen molar-refractivity contribution in [3.05, 3.63) is 48.0 Å². The van der Waals surface area contributed by atoms with Gasteiger partial charge in [-0.3, -0.25) is 4.79 Å². The molecule has 22 heavy (non-hydrogen) atoms. The molecule has 1 unspecified atom stereocenters. The number of amides is 1. The highest BCUT2D eigenvalue weighted by Crippen LogP contribution is 2.52. The summed E-state index contributed by atoms with van der Waals surface area (Å²) in [5.41, 5.74) is 1.59. The van der Waals surface area contributed by atoms with Gasteiger partial charge in [0.2, 0.25) is 0 Å². The fraction of sp³-hybridized carbons (Fsp3) is 0.438. The first-order valence-corrected chi connectivity index (χ1v) is 7.56. The number of hydrogen-bond acceptors (Lipinski definition) is 4. The molecule has 4 rings (SSSR count). The van der Waals surface area contributed by atoms with E-state index in [1.165, 1.54) is 6.33 Å². The van der Waals surface area contributed by atoms with E-state index in [-0.39, 0.29) is 17.4 Å². The summed E-state index contributed by atoms with van der Waals surface area (Å²) in [4.78, 5) is 18.5. The van der Waals surface area contributed by atoms with Crippen molar-refractivity contribution in [1.82, 2.24) is 19.7 Å². The summed E-state index contributed by atoms with van der Waals surface area (Å²) in [5.74, 6) is -0.00135. The molecule has 1 saturated heterocycles. The second kappa shape index (κ2) is 4.91. The molecular formula is C16H18N4O2. The predicted molar refractivity (Wildman–Crippen MR) is 79.1 cm³/mol. The molecule has 2 aliphatic rings. The van der Waals surface area contributed by atoms with Gasteiger partial charge >= 0.3 is 0 Å². The van der Waals surface area contributed by atoms with Crippen molar-refractivity contribution in [2.24, 2.45) is 5.41 Å². The first-order chi connectivity index (χ1) is 10.7. The van der Waals surface area contributed by atoms with Gasteiger partial charge in [-0.25, -0.2) is 9.67 Å². The number of benzene rings is 1. The largest absolute Gasteiger partial charge is 0.391 e. The van der Waals surface area contributed by atoms with Gasteiger partial charge < -0.3 is 10.0 Å². The van der Waals surface area contributed by atoms with E-state index in [9.17, 15) is 9.90 Å². The lowest BCUT2D eigenvalue weighted by atomic mass is 10.0. The number of β-amino-alcohol motifs (C(OH)–C–C–N with tert-alkyl or cyclic N) is 1. The molecule has 1 aliphatic carbocycles. The molecule has 2 fully saturated rings. The molecule has 1 N–H and O–H groups in total. The molecule has 1 aromatic carbocycles. The third-order valence-corrected chi connectivity index (χ3v) is 4.83. The molecule has 2 heterocycles. The van der Waals surface area contributed by atoms with Crippen LogP contribution in [0.4, 0.5) is 0 Å². The molecule has 0 bridgehead atoms. The molecule has 6 heteroatoms. The molecule has 1 atom stereocenters. The number of likely N-dealkylation sites (tertiary alicyclic amines) is 1. The maximum Gasteiger partial charge on any atom is 0.254 e. The van der Waals surface area contributed by atoms with E-state index in [0.29, 0.717) is 25.2 Å². The highest BCUT2D eigenvalue weighted by Gasteiger charge is 2.55. The summed E-state index contributed by atoms with van der Waals surface area (Å²) in [6.45, 7) is 1.63. The topological polar surface area (TPSA) is 71.2 Å². The van der Waals surface area contributed by atoms with E-state index in [1.54, 1.807) is 15.9 Å². The van der Waals surface area contributed by atoms with E-state index in [0.717, 1.165) is 18.4 Å². The summed E-state index contributed by atoms with van der Waals surface area (Å²) in [7, 11) is 0. The van der Waals surface area contributed by atoms with Crippen molar-refractivity contribution in [1.29, 1.82) is 0 Å². The van der Waals surface area contributed by atoms with E-state index < -0.39 is 0 Å². The van der Waals surface area contributed by atoms with Gasteiger partial charge in [0.25, 0.3) is 5.91 Å². The zero-order chi connectivity index (χ0) is 15.2. The van der Waals surface area contributed by atoms with E-state index in [4.69, 9.17) is 0 Å². The standard InChI is InChI=1S/C16H18N4O2/c21-14-8-19(9-16(14)5-6-16)15(22)13-4-2-1-3-12(13)7-20-11-17-10-18-20/h1-4,10-11,14,21H,5-9H2. The van der Waals surface area contributed by atoms with Crippen molar-refractivity contribution < 1.29 is 9.90 Å². The second-order valence-electron chi connectivity index (χ2n) is 6.31. The molecule has 1 amide bonds. The monoisotopic (exact) mass is 298 g/mol. The highest BCUT2D eigenvalue weighted by molar-refractivity contribution is 5.96. The SMILES string of the molecule is O=C(c1ccccc1Cn1cncn1)N1CC(O)C2(CC2)C1. The van der Waals surface area contributed by atoms with E-state index >= 15 is 0 Å². The Bertz CT molecular complexity index is 694. The Morgan fingerprint density at radius 1 is 1.36 bits per heavy atom. The van der Waals surface area contributed by atoms with Crippen molar-refractivity contribution in [2.45, 2.75) is 25.5 Å². The van der Waals surface area contributed by atoms with Crippen molar-refractivity contribution in [3.8, 4) is 0 Å².